The van der Waals surface area contributed by atoms with E-state index < -0.39 is 0 Å². The number of azo groups is 1. The lowest BCUT2D eigenvalue weighted by atomic mass is 10.2. The molecule has 3 aromatic rings. The average Bonchev–Trinajstić information content (AvgIpc) is 2.80. The molecular formula is C15H13N5O2S. The van der Waals surface area contributed by atoms with E-state index in [0.717, 1.165) is 11.1 Å². The Hall–Kier alpha value is -2.87. The Kier molecular flexibility index (Phi) is 3.75. The summed E-state index contributed by atoms with van der Waals surface area (Å²) in [7, 11) is 0. The second kappa shape index (κ2) is 5.73. The predicted octanol–water partition coefficient (Wildman–Crippen LogP) is 3.11. The number of aryl methyl sites for hydroxylation is 1. The first-order valence-electron chi connectivity index (χ1n) is 6.77. The lowest BCUT2D eigenvalue weighted by Crippen LogP contribution is -2.21. The minimum atomic E-state index is -0.386. The number of thiocarbonyl (C=S) groups is 1. The summed E-state index contributed by atoms with van der Waals surface area (Å²) in [6.45, 7) is 3.63. The molecule has 0 amide bonds. The normalized spacial score (nSPS) is 11.4. The van der Waals surface area contributed by atoms with Gasteiger partial charge in [-0.3, -0.25) is 0 Å². The molecule has 0 radical (unpaired) electrons. The van der Waals surface area contributed by atoms with Gasteiger partial charge in [0.05, 0.1) is 17.1 Å². The van der Waals surface area contributed by atoms with E-state index in [2.05, 4.69) is 15.3 Å². The van der Waals surface area contributed by atoms with Crippen molar-refractivity contribution in [1.82, 2.24) is 9.78 Å². The van der Waals surface area contributed by atoms with Gasteiger partial charge in [0.1, 0.15) is 11.3 Å². The maximum Gasteiger partial charge on any atom is 0.336 e. The smallest absolute Gasteiger partial charge is 0.336 e. The summed E-state index contributed by atoms with van der Waals surface area (Å²) in [4.78, 5) is 11.2. The van der Waals surface area contributed by atoms with Crippen LogP contribution in [0, 0.1) is 13.8 Å². The monoisotopic (exact) mass is 327 g/mol. The van der Waals surface area contributed by atoms with E-state index in [4.69, 9.17) is 22.4 Å². The van der Waals surface area contributed by atoms with E-state index >= 15 is 0 Å². The topological polar surface area (TPSA) is 98.8 Å². The van der Waals surface area contributed by atoms with Crippen molar-refractivity contribution in [3.05, 3.63) is 52.1 Å². The molecule has 0 atom stereocenters. The summed E-state index contributed by atoms with van der Waals surface area (Å²) < 4.78 is 6.53. The molecule has 0 saturated carbocycles. The summed E-state index contributed by atoms with van der Waals surface area (Å²) in [5, 5.41) is 13.6. The zero-order valence-electron chi connectivity index (χ0n) is 12.5. The predicted molar refractivity (Wildman–Crippen MR) is 90.5 cm³/mol. The molecule has 0 fully saturated rings. The van der Waals surface area contributed by atoms with E-state index in [1.54, 1.807) is 24.3 Å². The molecule has 116 valence electrons. The molecule has 3 rings (SSSR count). The van der Waals surface area contributed by atoms with Crippen LogP contribution < -0.4 is 11.4 Å². The molecule has 0 saturated heterocycles. The van der Waals surface area contributed by atoms with Crippen LogP contribution >= 0.6 is 12.2 Å². The highest BCUT2D eigenvalue weighted by Gasteiger charge is 2.12. The zero-order chi connectivity index (χ0) is 16.6. The Morgan fingerprint density at radius 3 is 2.74 bits per heavy atom. The zero-order valence-corrected chi connectivity index (χ0v) is 13.3. The Morgan fingerprint density at radius 1 is 1.26 bits per heavy atom. The summed E-state index contributed by atoms with van der Waals surface area (Å²) in [5.41, 5.74) is 8.39. The van der Waals surface area contributed by atoms with Gasteiger partial charge in [0.25, 0.3) is 0 Å². The molecule has 2 aromatic heterocycles. The van der Waals surface area contributed by atoms with Crippen molar-refractivity contribution in [2.45, 2.75) is 13.8 Å². The molecule has 0 bridgehead atoms. The van der Waals surface area contributed by atoms with Crippen molar-refractivity contribution < 1.29 is 4.42 Å². The first-order valence-corrected chi connectivity index (χ1v) is 7.18. The number of fused-ring (bicyclic) bond motifs is 1. The molecule has 8 heteroatoms. The minimum Gasteiger partial charge on any atom is -0.423 e. The fourth-order valence-corrected chi connectivity index (χ4v) is 2.40. The van der Waals surface area contributed by atoms with Crippen LogP contribution in [-0.4, -0.2) is 14.9 Å². The molecule has 0 unspecified atom stereocenters. The number of aromatic nitrogens is 2. The Labute approximate surface area is 136 Å². The van der Waals surface area contributed by atoms with Gasteiger partial charge in [-0.2, -0.15) is 10.2 Å². The Bertz CT molecular complexity index is 1000. The van der Waals surface area contributed by atoms with E-state index in [9.17, 15) is 4.79 Å². The second-order valence-electron chi connectivity index (χ2n) is 4.95. The van der Waals surface area contributed by atoms with E-state index in [-0.39, 0.29) is 10.7 Å². The van der Waals surface area contributed by atoms with Gasteiger partial charge in [0.2, 0.25) is 0 Å². The van der Waals surface area contributed by atoms with Gasteiger partial charge in [-0.1, -0.05) is 0 Å². The Morgan fingerprint density at radius 2 is 2.04 bits per heavy atom. The number of hydrogen-bond acceptors (Lipinski definition) is 6. The highest BCUT2D eigenvalue weighted by molar-refractivity contribution is 7.80. The van der Waals surface area contributed by atoms with E-state index in [1.165, 1.54) is 10.7 Å². The summed E-state index contributed by atoms with van der Waals surface area (Å²) >= 11 is 4.93. The minimum absolute atomic E-state index is 0.160. The van der Waals surface area contributed by atoms with Crippen LogP contribution in [0.4, 0.5) is 11.4 Å². The van der Waals surface area contributed by atoms with Crippen LogP contribution in [0.2, 0.25) is 0 Å². The van der Waals surface area contributed by atoms with Crippen molar-refractivity contribution in [2.75, 3.05) is 0 Å². The van der Waals surface area contributed by atoms with Crippen LogP contribution in [0.15, 0.2) is 49.8 Å². The Balaban J connectivity index is 1.99. The molecule has 0 aliphatic heterocycles. The molecule has 0 spiro atoms. The molecule has 7 nitrogen and oxygen atoms in total. The molecule has 2 N–H and O–H groups in total. The first kappa shape index (κ1) is 15.0. The maximum absolute atomic E-state index is 11.2. The standard InChI is InChI=1S/C15H13N5O2S/c1-8-14(9(2)20(19-8)15(16)23)18-17-11-4-5-12-10(7-11)3-6-13(21)22-12/h3-7H,1-2H3,(H2,16,23). The second-order valence-corrected chi connectivity index (χ2v) is 5.36. The van der Waals surface area contributed by atoms with E-state index in [0.29, 0.717) is 22.7 Å². The van der Waals surface area contributed by atoms with Crippen LogP contribution in [0.25, 0.3) is 11.0 Å². The lowest BCUT2D eigenvalue weighted by Gasteiger charge is -1.99. The highest BCUT2D eigenvalue weighted by atomic mass is 32.1. The van der Waals surface area contributed by atoms with Gasteiger partial charge in [-0.15, -0.1) is 5.11 Å². The molecule has 1 aromatic carbocycles. The van der Waals surface area contributed by atoms with Crippen molar-refractivity contribution >= 4 is 39.7 Å². The van der Waals surface area contributed by atoms with Gasteiger partial charge < -0.3 is 10.2 Å². The molecule has 2 heterocycles. The molecule has 0 aliphatic carbocycles. The number of nitrogens with two attached hydrogens (primary N) is 1. The van der Waals surface area contributed by atoms with Crippen LogP contribution in [-0.2, 0) is 0 Å². The van der Waals surface area contributed by atoms with Crippen LogP contribution in [0.3, 0.4) is 0 Å². The van der Waals surface area contributed by atoms with Crippen LogP contribution in [0.5, 0.6) is 0 Å². The summed E-state index contributed by atoms with van der Waals surface area (Å²) in [5.74, 6) is 0. The third-order valence-electron chi connectivity index (χ3n) is 3.33. The maximum atomic E-state index is 11.2. The van der Waals surface area contributed by atoms with Gasteiger partial charge in [-0.25, -0.2) is 9.48 Å². The van der Waals surface area contributed by atoms with Crippen molar-refractivity contribution in [3.8, 4) is 0 Å². The van der Waals surface area contributed by atoms with Crippen molar-refractivity contribution in [2.24, 2.45) is 16.0 Å². The SMILES string of the molecule is Cc1nn(C(N)=S)c(C)c1N=Nc1ccc2oc(=O)ccc2c1. The molecular weight excluding hydrogens is 314 g/mol. The molecule has 23 heavy (non-hydrogen) atoms. The summed E-state index contributed by atoms with van der Waals surface area (Å²) in [6, 6.07) is 8.23. The van der Waals surface area contributed by atoms with Gasteiger partial charge >= 0.3 is 5.63 Å². The quantitative estimate of drug-likeness (QED) is 0.443. The number of nitrogens with zero attached hydrogens (tertiary/aromatic N) is 4. The number of rotatable bonds is 2. The summed E-state index contributed by atoms with van der Waals surface area (Å²) in [6.07, 6.45) is 0. The average molecular weight is 327 g/mol. The highest BCUT2D eigenvalue weighted by Crippen LogP contribution is 2.26. The van der Waals surface area contributed by atoms with Gasteiger partial charge in [0.15, 0.2) is 5.11 Å². The third kappa shape index (κ3) is 2.88. The van der Waals surface area contributed by atoms with E-state index in [1.807, 2.05) is 13.8 Å². The lowest BCUT2D eigenvalue weighted by molar-refractivity contribution is 0.561. The first-order chi connectivity index (χ1) is 11.0. The largest absolute Gasteiger partial charge is 0.423 e. The van der Waals surface area contributed by atoms with Crippen molar-refractivity contribution in [3.63, 3.8) is 0 Å². The number of hydrogen-bond donors (Lipinski definition) is 1. The van der Waals surface area contributed by atoms with Crippen LogP contribution in [0.1, 0.15) is 11.4 Å². The third-order valence-corrected chi connectivity index (χ3v) is 3.50. The van der Waals surface area contributed by atoms with Crippen molar-refractivity contribution in [1.29, 1.82) is 0 Å². The fourth-order valence-electron chi connectivity index (χ4n) is 2.22. The van der Waals surface area contributed by atoms with Gasteiger partial charge in [0, 0.05) is 11.5 Å². The molecule has 0 aliphatic rings. The fraction of sp³-hybridized carbons (Fsp3) is 0.133. The van der Waals surface area contributed by atoms with Gasteiger partial charge in [-0.05, 0) is 50.3 Å². The number of benzene rings is 1.